The first-order valence-electron chi connectivity index (χ1n) is 7.43. The van der Waals surface area contributed by atoms with Crippen LogP contribution < -0.4 is 5.32 Å². The first-order valence-corrected chi connectivity index (χ1v) is 7.43. The highest BCUT2D eigenvalue weighted by atomic mass is 16.3. The van der Waals surface area contributed by atoms with Crippen LogP contribution >= 0.6 is 0 Å². The largest absolute Gasteiger partial charge is 0.472 e. The minimum atomic E-state index is -0.00698. The molecule has 1 saturated heterocycles. The Bertz CT molecular complexity index is 465. The first kappa shape index (κ1) is 15.6. The second-order valence-electron chi connectivity index (χ2n) is 5.46. The Labute approximate surface area is 125 Å². The smallest absolute Gasteiger partial charge is 0.257 e. The number of amides is 2. The Balaban J connectivity index is 1.76. The second-order valence-corrected chi connectivity index (χ2v) is 5.46. The van der Waals surface area contributed by atoms with E-state index in [1.54, 1.807) is 11.0 Å². The van der Waals surface area contributed by atoms with Crippen molar-refractivity contribution >= 4 is 11.8 Å². The van der Waals surface area contributed by atoms with Crippen molar-refractivity contribution in [2.24, 2.45) is 0 Å². The molecule has 1 fully saturated rings. The van der Waals surface area contributed by atoms with Crippen LogP contribution in [0.2, 0.25) is 0 Å². The highest BCUT2D eigenvalue weighted by Gasteiger charge is 2.23. The highest BCUT2D eigenvalue weighted by molar-refractivity contribution is 5.93. The number of rotatable bonds is 5. The first-order chi connectivity index (χ1) is 10.1. The standard InChI is InChI=1S/C15H23N3O3/c1-3-12(2)16-14(19)10-17-5-7-18(8-6-17)15(20)13-4-9-21-11-13/h4,9,11-12H,3,5-8,10H2,1-2H3,(H,16,19)/t12-/m0/s1. The van der Waals surface area contributed by atoms with Gasteiger partial charge < -0.3 is 14.6 Å². The fourth-order valence-corrected chi connectivity index (χ4v) is 2.30. The van der Waals surface area contributed by atoms with Crippen LogP contribution in [-0.2, 0) is 4.79 Å². The lowest BCUT2D eigenvalue weighted by atomic mass is 10.2. The van der Waals surface area contributed by atoms with Crippen molar-refractivity contribution in [3.63, 3.8) is 0 Å². The molecule has 0 bridgehead atoms. The summed E-state index contributed by atoms with van der Waals surface area (Å²) in [6.45, 7) is 7.17. The summed E-state index contributed by atoms with van der Waals surface area (Å²) in [7, 11) is 0. The molecule has 0 saturated carbocycles. The van der Waals surface area contributed by atoms with Crippen LogP contribution in [0.5, 0.6) is 0 Å². The molecule has 1 aliphatic heterocycles. The van der Waals surface area contributed by atoms with Gasteiger partial charge in [0.05, 0.1) is 18.4 Å². The number of hydrogen-bond donors (Lipinski definition) is 1. The van der Waals surface area contributed by atoms with Crippen LogP contribution in [0.1, 0.15) is 30.6 Å². The molecular formula is C15H23N3O3. The molecule has 0 unspecified atom stereocenters. The monoisotopic (exact) mass is 293 g/mol. The maximum absolute atomic E-state index is 12.1. The van der Waals surface area contributed by atoms with Crippen molar-refractivity contribution in [2.45, 2.75) is 26.3 Å². The third-order valence-electron chi connectivity index (χ3n) is 3.81. The summed E-state index contributed by atoms with van der Waals surface area (Å²) in [4.78, 5) is 27.9. The number of nitrogens with one attached hydrogen (secondary N) is 1. The molecular weight excluding hydrogens is 270 g/mol. The lowest BCUT2D eigenvalue weighted by molar-refractivity contribution is -0.123. The van der Waals surface area contributed by atoms with Crippen molar-refractivity contribution in [1.29, 1.82) is 0 Å². The zero-order valence-corrected chi connectivity index (χ0v) is 12.7. The summed E-state index contributed by atoms with van der Waals surface area (Å²) in [6, 6.07) is 1.88. The van der Waals surface area contributed by atoms with E-state index in [2.05, 4.69) is 10.2 Å². The maximum atomic E-state index is 12.1. The van der Waals surface area contributed by atoms with Crippen molar-refractivity contribution in [3.8, 4) is 0 Å². The van der Waals surface area contributed by atoms with E-state index < -0.39 is 0 Å². The summed E-state index contributed by atoms with van der Waals surface area (Å²) in [5.41, 5.74) is 0.581. The lowest BCUT2D eigenvalue weighted by Gasteiger charge is -2.34. The summed E-state index contributed by atoms with van der Waals surface area (Å²) in [6.07, 6.45) is 3.90. The molecule has 0 aliphatic carbocycles. The van der Waals surface area contributed by atoms with Gasteiger partial charge in [0.15, 0.2) is 0 Å². The molecule has 2 heterocycles. The average molecular weight is 293 g/mol. The third kappa shape index (κ3) is 4.32. The Kier molecular flexibility index (Phi) is 5.38. The quantitative estimate of drug-likeness (QED) is 0.878. The van der Waals surface area contributed by atoms with Crippen molar-refractivity contribution < 1.29 is 14.0 Å². The minimum Gasteiger partial charge on any atom is -0.472 e. The van der Waals surface area contributed by atoms with Crippen LogP contribution in [0.25, 0.3) is 0 Å². The zero-order valence-electron chi connectivity index (χ0n) is 12.7. The molecule has 6 heteroatoms. The summed E-state index contributed by atoms with van der Waals surface area (Å²) in [5.74, 6) is 0.0476. The topological polar surface area (TPSA) is 65.8 Å². The molecule has 21 heavy (non-hydrogen) atoms. The lowest BCUT2D eigenvalue weighted by Crippen LogP contribution is -2.51. The number of piperazine rings is 1. The molecule has 116 valence electrons. The molecule has 2 amide bonds. The molecule has 1 aromatic rings. The Morgan fingerprint density at radius 2 is 2.05 bits per heavy atom. The van der Waals surface area contributed by atoms with Crippen LogP contribution in [0, 0.1) is 0 Å². The summed E-state index contributed by atoms with van der Waals surface area (Å²) >= 11 is 0. The molecule has 1 N–H and O–H groups in total. The van der Waals surface area contributed by atoms with Crippen molar-refractivity contribution in [1.82, 2.24) is 15.1 Å². The van der Waals surface area contributed by atoms with Crippen LogP contribution in [0.15, 0.2) is 23.0 Å². The number of carbonyl (C=O) groups excluding carboxylic acids is 2. The summed E-state index contributed by atoms with van der Waals surface area (Å²) in [5, 5.41) is 2.96. The maximum Gasteiger partial charge on any atom is 0.257 e. The normalized spacial score (nSPS) is 17.5. The molecule has 1 aliphatic rings. The van der Waals surface area contributed by atoms with E-state index in [0.29, 0.717) is 25.2 Å². The van der Waals surface area contributed by atoms with Gasteiger partial charge in [0.2, 0.25) is 5.91 Å². The van der Waals surface area contributed by atoms with Crippen molar-refractivity contribution in [3.05, 3.63) is 24.2 Å². The van der Waals surface area contributed by atoms with Gasteiger partial charge in [-0.3, -0.25) is 14.5 Å². The van der Waals surface area contributed by atoms with Gasteiger partial charge >= 0.3 is 0 Å². The van der Waals surface area contributed by atoms with E-state index >= 15 is 0 Å². The van der Waals surface area contributed by atoms with Gasteiger partial charge in [-0.1, -0.05) is 6.92 Å². The van der Waals surface area contributed by atoms with Gasteiger partial charge in [0, 0.05) is 32.2 Å². The second kappa shape index (κ2) is 7.26. The predicted octanol–water partition coefficient (Wildman–Crippen LogP) is 0.952. The minimum absolute atomic E-state index is 0.00698. The number of hydrogen-bond acceptors (Lipinski definition) is 4. The highest BCUT2D eigenvalue weighted by Crippen LogP contribution is 2.09. The molecule has 0 aromatic carbocycles. The van der Waals surface area contributed by atoms with Gasteiger partial charge in [-0.25, -0.2) is 0 Å². The van der Waals surface area contributed by atoms with E-state index in [9.17, 15) is 9.59 Å². The van der Waals surface area contributed by atoms with Gasteiger partial charge in [-0.2, -0.15) is 0 Å². The van der Waals surface area contributed by atoms with E-state index in [-0.39, 0.29) is 17.9 Å². The molecule has 1 aromatic heterocycles. The van der Waals surface area contributed by atoms with Gasteiger partial charge in [0.1, 0.15) is 6.26 Å². The fraction of sp³-hybridized carbons (Fsp3) is 0.600. The molecule has 6 nitrogen and oxygen atoms in total. The third-order valence-corrected chi connectivity index (χ3v) is 3.81. The Hall–Kier alpha value is -1.82. The van der Waals surface area contributed by atoms with Crippen molar-refractivity contribution in [2.75, 3.05) is 32.7 Å². The van der Waals surface area contributed by atoms with Gasteiger partial charge in [-0.05, 0) is 19.4 Å². The molecule has 0 spiro atoms. The van der Waals surface area contributed by atoms with E-state index in [4.69, 9.17) is 4.42 Å². The van der Waals surface area contributed by atoms with Crippen LogP contribution in [-0.4, -0.2) is 60.4 Å². The van der Waals surface area contributed by atoms with E-state index in [0.717, 1.165) is 19.5 Å². The van der Waals surface area contributed by atoms with Gasteiger partial charge in [0.25, 0.3) is 5.91 Å². The van der Waals surface area contributed by atoms with Gasteiger partial charge in [-0.15, -0.1) is 0 Å². The molecule has 2 rings (SSSR count). The van der Waals surface area contributed by atoms with Crippen LogP contribution in [0.3, 0.4) is 0 Å². The average Bonchev–Trinajstić information content (AvgIpc) is 3.01. The predicted molar refractivity (Wildman–Crippen MR) is 78.9 cm³/mol. The van der Waals surface area contributed by atoms with E-state index in [1.165, 1.54) is 12.5 Å². The van der Waals surface area contributed by atoms with E-state index in [1.807, 2.05) is 13.8 Å². The Morgan fingerprint density at radius 1 is 1.33 bits per heavy atom. The zero-order chi connectivity index (χ0) is 15.2. The molecule has 0 radical (unpaired) electrons. The number of carbonyl (C=O) groups is 2. The summed E-state index contributed by atoms with van der Waals surface area (Å²) < 4.78 is 4.94. The Morgan fingerprint density at radius 3 is 2.62 bits per heavy atom. The van der Waals surface area contributed by atoms with Crippen LogP contribution in [0.4, 0.5) is 0 Å². The fourth-order valence-electron chi connectivity index (χ4n) is 2.30. The molecule has 1 atom stereocenters. The number of furan rings is 1. The number of nitrogens with zero attached hydrogens (tertiary/aromatic N) is 2. The SMILES string of the molecule is CC[C@H](C)NC(=O)CN1CCN(C(=O)c2ccoc2)CC1.